The van der Waals surface area contributed by atoms with Crippen molar-refractivity contribution in [1.29, 1.82) is 0 Å². The van der Waals surface area contributed by atoms with E-state index < -0.39 is 84.6 Å². The van der Waals surface area contributed by atoms with Gasteiger partial charge in [-0.1, -0.05) is 136 Å². The summed E-state index contributed by atoms with van der Waals surface area (Å²) in [7, 11) is -16.4. The average Bonchev–Trinajstić information content (AvgIpc) is 3.85. The fourth-order valence-corrected chi connectivity index (χ4v) is 11.2. The van der Waals surface area contributed by atoms with Gasteiger partial charge in [0.25, 0.3) is 0 Å². The number of ether oxygens (including phenoxy) is 1. The number of hydrogen-bond acceptors (Lipinski definition) is 18. The summed E-state index contributed by atoms with van der Waals surface area (Å²) in [6.07, 6.45) is 13.7. The minimum atomic E-state index is -5.58. The lowest BCUT2D eigenvalue weighted by Crippen LogP contribution is -2.46. The van der Waals surface area contributed by atoms with E-state index in [1.54, 1.807) is 0 Å². The number of aromatic nitrogens is 4. The third-order valence-electron chi connectivity index (χ3n) is 11.6. The minimum Gasteiger partial charge on any atom is -0.386 e. The van der Waals surface area contributed by atoms with Crippen molar-refractivity contribution in [2.24, 2.45) is 11.3 Å². The second kappa shape index (κ2) is 30.7. The highest BCUT2D eigenvalue weighted by molar-refractivity contribution is 8.13. The van der Waals surface area contributed by atoms with E-state index in [9.17, 15) is 57.9 Å². The molecule has 1 aliphatic rings. The number of nitrogen functional groups attached to an aromatic ring is 1. The monoisotopic (exact) mass is 1080 g/mol. The number of phosphoric ester groups is 3. The highest BCUT2D eigenvalue weighted by Crippen LogP contribution is 2.61. The Morgan fingerprint density at radius 2 is 1.46 bits per heavy atom. The minimum absolute atomic E-state index is 0.0341. The molecule has 2 aromatic heterocycles. The zero-order valence-corrected chi connectivity index (χ0v) is 44.2. The summed E-state index contributed by atoms with van der Waals surface area (Å²) in [5.41, 5.74) is 4.29. The molecule has 8 atom stereocenters. The van der Waals surface area contributed by atoms with E-state index in [-0.39, 0.29) is 41.6 Å². The maximum atomic E-state index is 12.8. The maximum Gasteiger partial charge on any atom is 0.481 e. The van der Waals surface area contributed by atoms with Crippen molar-refractivity contribution >= 4 is 69.1 Å². The number of fused-ring (bicyclic) bond motifs is 1. The molecule has 0 aliphatic carbocycles. The Bertz CT molecular complexity index is 2070. The Balaban J connectivity index is 1.27. The molecule has 24 nitrogen and oxygen atoms in total. The third-order valence-corrected chi connectivity index (χ3v) is 15.7. The summed E-state index contributed by atoms with van der Waals surface area (Å²) < 4.78 is 62.5. The number of amides is 2. The smallest absolute Gasteiger partial charge is 0.386 e. The molecule has 0 bridgehead atoms. The van der Waals surface area contributed by atoms with Gasteiger partial charge in [0.15, 0.2) is 22.8 Å². The van der Waals surface area contributed by atoms with Crippen LogP contribution in [0.25, 0.3) is 11.2 Å². The lowest BCUT2D eigenvalue weighted by Gasteiger charge is -2.30. The zero-order chi connectivity index (χ0) is 52.0. The first kappa shape index (κ1) is 61.9. The number of thioether (sulfide) groups is 1. The van der Waals surface area contributed by atoms with Crippen molar-refractivity contribution < 1.29 is 80.5 Å². The number of imidazole rings is 1. The van der Waals surface area contributed by atoms with Crippen LogP contribution in [0.2, 0.25) is 0 Å². The predicted octanol–water partition coefficient (Wildman–Crippen LogP) is 5.95. The van der Waals surface area contributed by atoms with Gasteiger partial charge in [-0.05, 0) is 12.3 Å². The molecule has 10 N–H and O–H groups in total. The Morgan fingerprint density at radius 1 is 0.857 bits per heavy atom. The molecule has 0 aromatic carbocycles. The van der Waals surface area contributed by atoms with Gasteiger partial charge in [0, 0.05) is 37.1 Å². The number of carbonyl (C=O) groups is 3. The Morgan fingerprint density at radius 3 is 2.09 bits per heavy atom. The van der Waals surface area contributed by atoms with Crippen molar-refractivity contribution in [1.82, 2.24) is 30.2 Å². The summed E-state index contributed by atoms with van der Waals surface area (Å²) in [4.78, 5) is 88.5. The number of aliphatic hydroxyl groups excluding tert-OH is 2. The molecule has 3 heterocycles. The SMILES string of the molecule is CCCCCCCCCCC(C)CCCCCCCCC(=O)SCCNC(=O)CCNC(=O)C(O)C(C)(C)COP(=O)(O)OP(=O)(O)OCC1OC(n2cnc3c(N)ncnc32)C(O)C1OP(=O)(O)O. The molecule has 3 rings (SSSR count). The molecule has 8 unspecified atom stereocenters. The summed E-state index contributed by atoms with van der Waals surface area (Å²) in [5.74, 6) is -0.228. The Kier molecular flexibility index (Phi) is 27.1. The number of hydrogen-bond donors (Lipinski definition) is 9. The summed E-state index contributed by atoms with van der Waals surface area (Å²) in [6, 6.07) is 0. The van der Waals surface area contributed by atoms with Gasteiger partial charge in [-0.3, -0.25) is 32.5 Å². The van der Waals surface area contributed by atoms with E-state index >= 15 is 0 Å². The summed E-state index contributed by atoms with van der Waals surface area (Å²) in [5, 5.41) is 26.7. The first-order valence-corrected chi connectivity index (χ1v) is 29.5. The van der Waals surface area contributed by atoms with Crippen LogP contribution >= 0.6 is 35.2 Å². The van der Waals surface area contributed by atoms with Crippen LogP contribution in [0.5, 0.6) is 0 Å². The number of nitrogens with two attached hydrogens (primary N) is 1. The lowest BCUT2D eigenvalue weighted by molar-refractivity contribution is -0.137. The van der Waals surface area contributed by atoms with Crippen molar-refractivity contribution in [2.45, 2.75) is 174 Å². The van der Waals surface area contributed by atoms with E-state index in [4.69, 9.17) is 19.5 Å². The number of rotatable bonds is 37. The number of carbonyl (C=O) groups excluding carboxylic acids is 3. The Hall–Kier alpha value is -2.44. The molecule has 70 heavy (non-hydrogen) atoms. The first-order valence-electron chi connectivity index (χ1n) is 24.0. The average molecular weight is 1080 g/mol. The van der Waals surface area contributed by atoms with Crippen LogP contribution in [-0.2, 0) is 50.7 Å². The fourth-order valence-electron chi connectivity index (χ4n) is 7.61. The summed E-state index contributed by atoms with van der Waals surface area (Å²) in [6.45, 7) is 5.20. The van der Waals surface area contributed by atoms with Crippen molar-refractivity contribution in [3.63, 3.8) is 0 Å². The predicted molar refractivity (Wildman–Crippen MR) is 260 cm³/mol. The van der Waals surface area contributed by atoms with Crippen molar-refractivity contribution in [2.75, 3.05) is 37.8 Å². The second-order valence-electron chi connectivity index (χ2n) is 18.3. The molecular formula is C42H76N7O17P3S. The normalized spacial score (nSPS) is 20.2. The van der Waals surface area contributed by atoms with Crippen LogP contribution in [0.4, 0.5) is 5.82 Å². The summed E-state index contributed by atoms with van der Waals surface area (Å²) >= 11 is 1.16. The van der Waals surface area contributed by atoms with Gasteiger partial charge < -0.3 is 50.9 Å². The number of unbranched alkanes of at least 4 members (excludes halogenated alkanes) is 12. The molecule has 2 aromatic rings. The van der Waals surface area contributed by atoms with Gasteiger partial charge in [0.2, 0.25) is 11.8 Å². The van der Waals surface area contributed by atoms with Gasteiger partial charge in [-0.15, -0.1) is 0 Å². The number of aliphatic hydroxyl groups is 2. The molecule has 0 saturated carbocycles. The lowest BCUT2D eigenvalue weighted by atomic mass is 9.87. The fraction of sp³-hybridized carbons (Fsp3) is 0.810. The van der Waals surface area contributed by atoms with E-state index in [2.05, 4.69) is 48.3 Å². The van der Waals surface area contributed by atoms with Crippen molar-refractivity contribution in [3.8, 4) is 0 Å². The number of phosphoric acid groups is 3. The van der Waals surface area contributed by atoms with Crippen LogP contribution in [0.15, 0.2) is 12.7 Å². The van der Waals surface area contributed by atoms with Gasteiger partial charge in [0.05, 0.1) is 19.5 Å². The standard InChI is InChI=1S/C42H76N7O17P3S/c1-5-6-7-8-9-10-13-16-19-30(2)20-17-14-11-12-15-18-21-33(51)70-25-24-44-32(50)22-23-45-40(54)37(53)42(3,4)27-63-69(60,61)66-68(58,59)62-26-31-36(65-67(55,56)57)35(52)41(64-31)49-29-48-34-38(43)46-28-47-39(34)49/h28-31,35-37,41,52-53H,5-27H2,1-4H3,(H,44,50)(H,45,54)(H,58,59)(H,60,61)(H2,43,46,47)(H2,55,56,57). The third kappa shape index (κ3) is 23.2. The highest BCUT2D eigenvalue weighted by Gasteiger charge is 2.50. The van der Waals surface area contributed by atoms with Crippen LogP contribution in [0, 0.1) is 11.3 Å². The number of nitrogens with zero attached hydrogens (tertiary/aromatic N) is 4. The highest BCUT2D eigenvalue weighted by atomic mass is 32.2. The van der Waals surface area contributed by atoms with Crippen LogP contribution < -0.4 is 16.4 Å². The Labute approximate surface area is 414 Å². The van der Waals surface area contributed by atoms with Crippen molar-refractivity contribution in [3.05, 3.63) is 12.7 Å². The zero-order valence-electron chi connectivity index (χ0n) is 40.7. The van der Waals surface area contributed by atoms with E-state index in [0.29, 0.717) is 12.2 Å². The van der Waals surface area contributed by atoms with E-state index in [1.807, 2.05) is 0 Å². The topological polar surface area (TPSA) is 364 Å². The van der Waals surface area contributed by atoms with E-state index in [0.717, 1.165) is 54.2 Å². The van der Waals surface area contributed by atoms with E-state index in [1.165, 1.54) is 97.3 Å². The van der Waals surface area contributed by atoms with Gasteiger partial charge >= 0.3 is 23.5 Å². The second-order valence-corrected chi connectivity index (χ2v) is 23.7. The molecular weight excluding hydrogens is 999 g/mol. The van der Waals surface area contributed by atoms with Gasteiger partial charge in [-0.25, -0.2) is 28.6 Å². The number of anilines is 1. The van der Waals surface area contributed by atoms with Crippen LogP contribution in [0.3, 0.4) is 0 Å². The van der Waals surface area contributed by atoms with Gasteiger partial charge in [-0.2, -0.15) is 4.31 Å². The van der Waals surface area contributed by atoms with Gasteiger partial charge in [0.1, 0.15) is 36.3 Å². The van der Waals surface area contributed by atoms with Crippen LogP contribution in [-0.4, -0.2) is 123 Å². The molecule has 402 valence electrons. The molecule has 0 radical (unpaired) electrons. The molecule has 1 aliphatic heterocycles. The molecule has 0 spiro atoms. The molecule has 1 fully saturated rings. The quantitative estimate of drug-likeness (QED) is 0.0279. The van der Waals surface area contributed by atoms with Crippen LogP contribution in [0.1, 0.15) is 149 Å². The largest absolute Gasteiger partial charge is 0.481 e. The molecule has 2 amide bonds. The molecule has 28 heteroatoms. The number of nitrogens with one attached hydrogen (secondary N) is 2. The maximum absolute atomic E-state index is 12.8. The molecule has 1 saturated heterocycles. The first-order chi connectivity index (χ1) is 32.9.